The van der Waals surface area contributed by atoms with Gasteiger partial charge >= 0.3 is 5.69 Å². The maximum Gasteiger partial charge on any atom is 0.330 e. The van der Waals surface area contributed by atoms with Gasteiger partial charge in [-0.1, -0.05) is 24.0 Å². The lowest BCUT2D eigenvalue weighted by molar-refractivity contribution is -0.0459. The van der Waals surface area contributed by atoms with E-state index in [2.05, 4.69) is 16.8 Å². The largest absolute Gasteiger partial charge is 0.399 e. The van der Waals surface area contributed by atoms with Crippen LogP contribution in [0.25, 0.3) is 11.1 Å². The Bertz CT molecular complexity index is 1400. The Morgan fingerprint density at radius 1 is 1.12 bits per heavy atom. The summed E-state index contributed by atoms with van der Waals surface area (Å²) in [4.78, 5) is 26.7. The first-order valence-corrected chi connectivity index (χ1v) is 10.3. The van der Waals surface area contributed by atoms with Crippen LogP contribution in [0.2, 0.25) is 0 Å². The molecule has 0 spiro atoms. The lowest BCUT2D eigenvalue weighted by atomic mass is 10.0. The Balaban J connectivity index is 1.45. The minimum Gasteiger partial charge on any atom is -0.399 e. The van der Waals surface area contributed by atoms with Crippen LogP contribution in [0.1, 0.15) is 34.9 Å². The molecule has 5 N–H and O–H groups in total. The van der Waals surface area contributed by atoms with Crippen molar-refractivity contribution in [2.24, 2.45) is 0 Å². The van der Waals surface area contributed by atoms with E-state index in [4.69, 9.17) is 10.5 Å². The fraction of sp³-hybridized carbons (Fsp3) is 0.250. The molecule has 8 nitrogen and oxygen atoms in total. The van der Waals surface area contributed by atoms with Crippen molar-refractivity contribution >= 4 is 5.69 Å². The van der Waals surface area contributed by atoms with Crippen LogP contribution < -0.4 is 17.0 Å². The molecule has 3 atom stereocenters. The van der Waals surface area contributed by atoms with E-state index in [1.54, 1.807) is 0 Å². The molecule has 2 aromatic carbocycles. The van der Waals surface area contributed by atoms with Crippen molar-refractivity contribution in [1.82, 2.24) is 9.55 Å². The number of hydrogen-bond acceptors (Lipinski definition) is 6. The molecule has 32 heavy (non-hydrogen) atoms. The maximum absolute atomic E-state index is 12.3. The fourth-order valence-corrected chi connectivity index (χ4v) is 4.29. The minimum atomic E-state index is -0.899. The second-order valence-corrected chi connectivity index (χ2v) is 8.04. The molecule has 2 heterocycles. The Labute approximate surface area is 182 Å². The number of aromatic nitrogens is 2. The van der Waals surface area contributed by atoms with Crippen molar-refractivity contribution in [3.8, 4) is 23.0 Å². The zero-order valence-electron chi connectivity index (χ0n) is 17.0. The third-order valence-corrected chi connectivity index (χ3v) is 5.91. The summed E-state index contributed by atoms with van der Waals surface area (Å²) in [5.74, 6) is 5.83. The molecule has 162 valence electrons. The molecule has 1 saturated heterocycles. The Morgan fingerprint density at radius 3 is 2.62 bits per heavy atom. The van der Waals surface area contributed by atoms with Crippen LogP contribution >= 0.6 is 0 Å². The fourth-order valence-electron chi connectivity index (χ4n) is 4.29. The lowest BCUT2D eigenvalue weighted by Gasteiger charge is -2.14. The Kier molecular flexibility index (Phi) is 4.94. The Morgan fingerprint density at radius 2 is 1.88 bits per heavy atom. The monoisotopic (exact) mass is 431 g/mol. The summed E-state index contributed by atoms with van der Waals surface area (Å²) in [6, 6.07) is 11.8. The highest BCUT2D eigenvalue weighted by Gasteiger charge is 2.35. The second kappa shape index (κ2) is 7.80. The maximum atomic E-state index is 12.3. The third kappa shape index (κ3) is 3.52. The van der Waals surface area contributed by atoms with Crippen LogP contribution in [0, 0.1) is 11.8 Å². The Hall–Kier alpha value is -3.64. The minimum absolute atomic E-state index is 0.103. The summed E-state index contributed by atoms with van der Waals surface area (Å²) in [6.07, 6.45) is -0.247. The number of aliphatic hydroxyl groups is 2. The van der Waals surface area contributed by atoms with E-state index in [9.17, 15) is 19.8 Å². The predicted octanol–water partition coefficient (Wildman–Crippen LogP) is 0.730. The zero-order valence-corrected chi connectivity index (χ0v) is 17.0. The number of aliphatic hydroxyl groups excluding tert-OH is 2. The van der Waals surface area contributed by atoms with E-state index in [1.807, 2.05) is 36.4 Å². The number of nitrogen functional groups attached to an aromatic ring is 1. The average Bonchev–Trinajstić information content (AvgIpc) is 3.31. The summed E-state index contributed by atoms with van der Waals surface area (Å²) < 4.78 is 6.71. The molecule has 1 aromatic heterocycles. The number of nitrogens with one attached hydrogen (secondary N) is 1. The van der Waals surface area contributed by atoms with Gasteiger partial charge in [-0.25, -0.2) is 4.79 Å². The van der Waals surface area contributed by atoms with Gasteiger partial charge in [-0.3, -0.25) is 14.3 Å². The van der Waals surface area contributed by atoms with E-state index in [0.29, 0.717) is 0 Å². The predicted molar refractivity (Wildman–Crippen MR) is 118 cm³/mol. The molecule has 3 aromatic rings. The molecule has 1 aliphatic carbocycles. The van der Waals surface area contributed by atoms with Gasteiger partial charge in [0.1, 0.15) is 17.9 Å². The van der Waals surface area contributed by atoms with Crippen LogP contribution in [0.15, 0.2) is 52.2 Å². The number of nitrogens with zero attached hydrogens (tertiary/aromatic N) is 1. The third-order valence-electron chi connectivity index (χ3n) is 5.91. The summed E-state index contributed by atoms with van der Waals surface area (Å²) in [7, 11) is 0. The first-order chi connectivity index (χ1) is 15.4. The molecular formula is C24H21N3O5. The number of benzene rings is 2. The highest BCUT2D eigenvalue weighted by Crippen LogP contribution is 2.37. The second-order valence-electron chi connectivity index (χ2n) is 8.04. The van der Waals surface area contributed by atoms with Crippen LogP contribution in [0.4, 0.5) is 5.69 Å². The molecule has 1 aliphatic heterocycles. The lowest BCUT2D eigenvalue weighted by Crippen LogP contribution is -2.33. The van der Waals surface area contributed by atoms with Crippen LogP contribution in [0.3, 0.4) is 0 Å². The molecule has 0 unspecified atom stereocenters. The number of anilines is 1. The van der Waals surface area contributed by atoms with Crippen LogP contribution in [0.5, 0.6) is 0 Å². The van der Waals surface area contributed by atoms with E-state index in [1.165, 1.54) is 16.3 Å². The summed E-state index contributed by atoms with van der Waals surface area (Å²) in [5, 5.41) is 19.2. The number of aromatic amines is 1. The molecule has 2 aliphatic rings. The standard InChI is InChI=1S/C24H21N3O5/c25-17-4-6-19-16(9-17)8-15-7-13(2-5-18(15)19)1-3-14-11-27(24(31)26-23(14)30)22-10-20(29)21(12-28)32-22/h2,4-7,9,11,20-22,28-29H,8,10,12,25H2,(H,26,30,31)/t20-,21+,22+/m0/s1. The normalized spacial score (nSPS) is 21.0. The number of hydrogen-bond donors (Lipinski definition) is 4. The van der Waals surface area contributed by atoms with Gasteiger partial charge < -0.3 is 20.7 Å². The van der Waals surface area contributed by atoms with Crippen molar-refractivity contribution < 1.29 is 14.9 Å². The first-order valence-electron chi connectivity index (χ1n) is 10.3. The van der Waals surface area contributed by atoms with Gasteiger partial charge in [0.05, 0.1) is 12.7 Å². The highest BCUT2D eigenvalue weighted by atomic mass is 16.5. The number of nitrogens with two attached hydrogens (primary N) is 1. The van der Waals surface area contributed by atoms with Gasteiger partial charge in [0.15, 0.2) is 0 Å². The molecule has 1 fully saturated rings. The molecule has 5 rings (SSSR count). The van der Waals surface area contributed by atoms with Crippen molar-refractivity contribution in [3.05, 3.63) is 85.7 Å². The molecule has 8 heteroatoms. The summed E-state index contributed by atoms with van der Waals surface area (Å²) >= 11 is 0. The number of rotatable bonds is 2. The molecule has 0 bridgehead atoms. The quantitative estimate of drug-likeness (QED) is 0.273. The topological polar surface area (TPSA) is 131 Å². The van der Waals surface area contributed by atoms with Crippen molar-refractivity contribution in [3.63, 3.8) is 0 Å². The van der Waals surface area contributed by atoms with Gasteiger partial charge in [-0.05, 0) is 52.9 Å². The van der Waals surface area contributed by atoms with Crippen molar-refractivity contribution in [2.45, 2.75) is 31.3 Å². The van der Waals surface area contributed by atoms with Gasteiger partial charge in [-0.15, -0.1) is 0 Å². The molecule has 0 saturated carbocycles. The van der Waals surface area contributed by atoms with E-state index >= 15 is 0 Å². The van der Waals surface area contributed by atoms with Crippen molar-refractivity contribution in [2.75, 3.05) is 12.3 Å². The molecule has 0 radical (unpaired) electrons. The SMILES string of the molecule is Nc1ccc2c(c1)Cc1cc(C#Cc3cn([C@H]4C[C@H](O)[C@@H](CO)O4)c(=O)[nH]c3=O)ccc1-2. The van der Waals surface area contributed by atoms with Crippen molar-refractivity contribution in [1.29, 1.82) is 0 Å². The zero-order chi connectivity index (χ0) is 22.4. The van der Waals surface area contributed by atoms with E-state index < -0.39 is 29.7 Å². The number of ether oxygens (including phenoxy) is 1. The molecular weight excluding hydrogens is 410 g/mol. The average molecular weight is 431 g/mol. The van der Waals surface area contributed by atoms with E-state index in [0.717, 1.165) is 34.4 Å². The summed E-state index contributed by atoms with van der Waals surface area (Å²) in [6.45, 7) is -0.364. The van der Waals surface area contributed by atoms with Crippen LogP contribution in [-0.2, 0) is 11.2 Å². The first kappa shape index (κ1) is 20.3. The van der Waals surface area contributed by atoms with Crippen LogP contribution in [-0.4, -0.2) is 38.6 Å². The molecule has 0 amide bonds. The van der Waals surface area contributed by atoms with Gasteiger partial charge in [0.25, 0.3) is 5.56 Å². The van der Waals surface area contributed by atoms with Gasteiger partial charge in [-0.2, -0.15) is 0 Å². The number of fused-ring (bicyclic) bond motifs is 3. The summed E-state index contributed by atoms with van der Waals surface area (Å²) in [5.41, 5.74) is 10.8. The van der Waals surface area contributed by atoms with E-state index in [-0.39, 0.29) is 18.6 Å². The smallest absolute Gasteiger partial charge is 0.330 e. The number of H-pyrrole nitrogens is 1. The highest BCUT2D eigenvalue weighted by molar-refractivity contribution is 5.79. The van der Waals surface area contributed by atoms with Gasteiger partial charge in [0, 0.05) is 23.9 Å². The van der Waals surface area contributed by atoms with Gasteiger partial charge in [0.2, 0.25) is 0 Å².